The summed E-state index contributed by atoms with van der Waals surface area (Å²) in [6.45, 7) is 9.36. The summed E-state index contributed by atoms with van der Waals surface area (Å²) in [7, 11) is 4.02. The fourth-order valence-electron chi connectivity index (χ4n) is 5.72. The number of carbonyl (C=O) groups excluding carboxylic acids is 1. The minimum atomic E-state index is -0.498. The first-order valence-corrected chi connectivity index (χ1v) is 14.0. The lowest BCUT2D eigenvalue weighted by atomic mass is 9.95. The standard InChI is InChI=1S/C17H21N3.C15H19N3O/c1-4-14-19(3)15-10-6-7-11-16(15)20(5-2)17-12-8-9-13-18-17;1-16-12-5-4-10-7-15(8-11(10)6-12)14(19)17-13(18-15)9-2-3-9/h4-8,10-12H,1-2,9,13-14H2,3H3;6,9,16H,2-5,7-8H2,1H3,(H,17,18,19). The molecule has 1 unspecified atom stereocenters. The van der Waals surface area contributed by atoms with Gasteiger partial charge < -0.3 is 20.4 Å². The van der Waals surface area contributed by atoms with Crippen LogP contribution in [0.2, 0.25) is 0 Å². The van der Waals surface area contributed by atoms with Gasteiger partial charge in [-0.15, -0.1) is 6.58 Å². The van der Waals surface area contributed by atoms with Crippen LogP contribution < -0.4 is 20.4 Å². The van der Waals surface area contributed by atoms with Gasteiger partial charge in [0.1, 0.15) is 17.2 Å². The number of hydrogen-bond acceptors (Lipinski definition) is 6. The Kier molecular flexibility index (Phi) is 7.87. The Morgan fingerprint density at radius 3 is 2.64 bits per heavy atom. The molecule has 1 aromatic carbocycles. The summed E-state index contributed by atoms with van der Waals surface area (Å²) in [5.41, 5.74) is 5.77. The molecule has 3 aliphatic carbocycles. The second-order valence-corrected chi connectivity index (χ2v) is 10.8. The molecule has 39 heavy (non-hydrogen) atoms. The zero-order valence-corrected chi connectivity index (χ0v) is 23.2. The Morgan fingerprint density at radius 1 is 1.18 bits per heavy atom. The first-order chi connectivity index (χ1) is 19.0. The van der Waals surface area contributed by atoms with E-state index < -0.39 is 5.54 Å². The number of amidine groups is 2. The van der Waals surface area contributed by atoms with Gasteiger partial charge in [-0.25, -0.2) is 0 Å². The van der Waals surface area contributed by atoms with Gasteiger partial charge in [-0.3, -0.25) is 14.8 Å². The summed E-state index contributed by atoms with van der Waals surface area (Å²) in [6.07, 6.45) is 17.3. The van der Waals surface area contributed by atoms with E-state index in [-0.39, 0.29) is 5.91 Å². The molecular weight excluding hydrogens is 484 g/mol. The van der Waals surface area contributed by atoms with Crippen LogP contribution in [0.3, 0.4) is 0 Å². The molecular formula is C32H40N6O. The molecule has 1 amide bonds. The third-order valence-corrected chi connectivity index (χ3v) is 7.99. The highest BCUT2D eigenvalue weighted by Crippen LogP contribution is 2.46. The van der Waals surface area contributed by atoms with Gasteiger partial charge >= 0.3 is 0 Å². The van der Waals surface area contributed by atoms with Crippen molar-refractivity contribution in [3.05, 3.63) is 84.8 Å². The molecule has 6 rings (SSSR count). The average Bonchev–Trinajstić information content (AvgIpc) is 3.68. The summed E-state index contributed by atoms with van der Waals surface area (Å²) in [6, 6.07) is 8.26. The Hall–Kier alpha value is -3.87. The van der Waals surface area contributed by atoms with Crippen molar-refractivity contribution in [3.8, 4) is 0 Å². The Bertz CT molecular complexity index is 1300. The number of amides is 1. The SMILES string of the molecule is C=CCN(C)c1ccccc1N(C=C)C1=NCCC=C1.CNC1=CC2=C(CC1)CC1(C2)N=C(C2CC2)NC1=O. The van der Waals surface area contributed by atoms with Gasteiger partial charge in [-0.1, -0.05) is 36.4 Å². The van der Waals surface area contributed by atoms with E-state index in [9.17, 15) is 4.79 Å². The van der Waals surface area contributed by atoms with Gasteiger partial charge in [-0.05, 0) is 62.0 Å². The van der Waals surface area contributed by atoms with Crippen molar-refractivity contribution < 1.29 is 4.79 Å². The van der Waals surface area contributed by atoms with E-state index in [1.54, 1.807) is 0 Å². The van der Waals surface area contributed by atoms with E-state index in [2.05, 4.69) is 71.1 Å². The number of benzene rings is 1. The van der Waals surface area contributed by atoms with Gasteiger partial charge in [0.05, 0.1) is 11.4 Å². The second kappa shape index (κ2) is 11.5. The number of likely N-dealkylation sites (N-methyl/N-ethyl adjacent to an activating group) is 1. The molecule has 204 valence electrons. The van der Waals surface area contributed by atoms with Crippen molar-refractivity contribution in [1.29, 1.82) is 0 Å². The highest BCUT2D eigenvalue weighted by molar-refractivity contribution is 6.10. The topological polar surface area (TPSA) is 72.3 Å². The molecule has 0 saturated heterocycles. The number of rotatable bonds is 7. The largest absolute Gasteiger partial charge is 0.391 e. The molecule has 2 heterocycles. The zero-order chi connectivity index (χ0) is 27.4. The van der Waals surface area contributed by atoms with Crippen molar-refractivity contribution in [1.82, 2.24) is 10.6 Å². The first kappa shape index (κ1) is 26.7. The van der Waals surface area contributed by atoms with Crippen molar-refractivity contribution in [2.45, 2.75) is 50.5 Å². The molecule has 1 aromatic rings. The molecule has 1 atom stereocenters. The quantitative estimate of drug-likeness (QED) is 0.477. The van der Waals surface area contributed by atoms with E-state index in [1.165, 1.54) is 29.7 Å². The summed E-state index contributed by atoms with van der Waals surface area (Å²) in [5.74, 6) is 2.56. The Morgan fingerprint density at radius 2 is 1.97 bits per heavy atom. The third-order valence-electron chi connectivity index (χ3n) is 7.99. The maximum Gasteiger partial charge on any atom is 0.253 e. The number of aliphatic imine (C=N–C) groups is 2. The number of para-hydroxylation sites is 2. The fraction of sp³-hybridized carbons (Fsp3) is 0.406. The summed E-state index contributed by atoms with van der Waals surface area (Å²) < 4.78 is 0. The molecule has 1 saturated carbocycles. The fourth-order valence-corrected chi connectivity index (χ4v) is 5.72. The highest BCUT2D eigenvalue weighted by Gasteiger charge is 2.50. The maximum atomic E-state index is 12.3. The van der Waals surface area contributed by atoms with Crippen LogP contribution in [0.5, 0.6) is 0 Å². The van der Waals surface area contributed by atoms with E-state index in [1.807, 2.05) is 36.4 Å². The molecule has 7 nitrogen and oxygen atoms in total. The Labute approximate surface area is 232 Å². The molecule has 7 heteroatoms. The molecule has 2 N–H and O–H groups in total. The number of anilines is 2. The predicted octanol–water partition coefficient (Wildman–Crippen LogP) is 5.27. The van der Waals surface area contributed by atoms with Crippen molar-refractivity contribution >= 4 is 29.0 Å². The monoisotopic (exact) mass is 524 g/mol. The number of dihydropyridines is 1. The van der Waals surface area contributed by atoms with Gasteiger partial charge in [0, 0.05) is 57.8 Å². The number of allylic oxidation sites excluding steroid dienone is 2. The normalized spacial score (nSPS) is 23.1. The summed E-state index contributed by atoms with van der Waals surface area (Å²) in [5, 5.41) is 6.27. The predicted molar refractivity (Wildman–Crippen MR) is 162 cm³/mol. The van der Waals surface area contributed by atoms with E-state index in [0.717, 1.165) is 68.2 Å². The lowest BCUT2D eigenvalue weighted by Gasteiger charge is -2.28. The lowest BCUT2D eigenvalue weighted by Crippen LogP contribution is -2.38. The van der Waals surface area contributed by atoms with Crippen molar-refractivity contribution in [3.63, 3.8) is 0 Å². The minimum Gasteiger partial charge on any atom is -0.391 e. The molecule has 0 bridgehead atoms. The van der Waals surface area contributed by atoms with Crippen LogP contribution in [0.4, 0.5) is 11.4 Å². The van der Waals surface area contributed by atoms with Gasteiger partial charge in [0.2, 0.25) is 0 Å². The van der Waals surface area contributed by atoms with E-state index in [4.69, 9.17) is 4.99 Å². The maximum absolute atomic E-state index is 12.3. The first-order valence-electron chi connectivity index (χ1n) is 14.0. The van der Waals surface area contributed by atoms with Crippen LogP contribution >= 0.6 is 0 Å². The number of hydrogen-bond donors (Lipinski definition) is 2. The molecule has 2 aliphatic heterocycles. The number of carbonyl (C=O) groups is 1. The van der Waals surface area contributed by atoms with Crippen LogP contribution in [0, 0.1) is 5.92 Å². The number of nitrogens with one attached hydrogen (secondary N) is 2. The van der Waals surface area contributed by atoms with Crippen LogP contribution in [0.25, 0.3) is 0 Å². The lowest BCUT2D eigenvalue weighted by molar-refractivity contribution is -0.123. The second-order valence-electron chi connectivity index (χ2n) is 10.8. The molecule has 0 radical (unpaired) electrons. The van der Waals surface area contributed by atoms with Crippen LogP contribution in [-0.2, 0) is 4.79 Å². The van der Waals surface area contributed by atoms with Gasteiger partial charge in [0.15, 0.2) is 0 Å². The van der Waals surface area contributed by atoms with Crippen molar-refractivity contribution in [2.24, 2.45) is 15.9 Å². The summed E-state index contributed by atoms with van der Waals surface area (Å²) in [4.78, 5) is 25.9. The average molecular weight is 525 g/mol. The molecule has 1 fully saturated rings. The highest BCUT2D eigenvalue weighted by atomic mass is 16.2. The Balaban J connectivity index is 0.000000158. The van der Waals surface area contributed by atoms with Crippen LogP contribution in [0.1, 0.15) is 44.9 Å². The summed E-state index contributed by atoms with van der Waals surface area (Å²) >= 11 is 0. The third kappa shape index (κ3) is 5.63. The molecule has 5 aliphatic rings. The van der Waals surface area contributed by atoms with Gasteiger partial charge in [-0.2, -0.15) is 0 Å². The van der Waals surface area contributed by atoms with E-state index >= 15 is 0 Å². The molecule has 1 spiro atoms. The van der Waals surface area contributed by atoms with Gasteiger partial charge in [0.25, 0.3) is 5.91 Å². The molecule has 0 aromatic heterocycles. The number of nitrogens with zero attached hydrogens (tertiary/aromatic N) is 4. The van der Waals surface area contributed by atoms with Crippen LogP contribution in [-0.4, -0.2) is 50.3 Å². The van der Waals surface area contributed by atoms with Crippen molar-refractivity contribution in [2.75, 3.05) is 37.0 Å². The minimum absolute atomic E-state index is 0.128. The smallest absolute Gasteiger partial charge is 0.253 e. The zero-order valence-electron chi connectivity index (χ0n) is 23.2. The van der Waals surface area contributed by atoms with E-state index in [0.29, 0.717) is 5.92 Å². The van der Waals surface area contributed by atoms with Crippen LogP contribution in [0.15, 0.2) is 94.8 Å².